The highest BCUT2D eigenvalue weighted by atomic mass is 19.1. The van der Waals surface area contributed by atoms with Crippen LogP contribution in [0.5, 0.6) is 0 Å². The summed E-state index contributed by atoms with van der Waals surface area (Å²) < 4.78 is 53.1. The van der Waals surface area contributed by atoms with Crippen molar-refractivity contribution >= 4 is 172 Å². The molecule has 0 spiro atoms. The molecular formula is C72H128B4F4N24O32. The molecule has 64 heteroatoms. The minimum Gasteiger partial charge on any atom is -0.867 e. The van der Waals surface area contributed by atoms with Gasteiger partial charge in [0.05, 0.1) is 226 Å². The second-order valence-corrected chi connectivity index (χ2v) is 31.1. The maximum Gasteiger partial charge on any atom is 0.470 e. The van der Waals surface area contributed by atoms with Gasteiger partial charge >= 0.3 is 48.2 Å². The van der Waals surface area contributed by atoms with Crippen molar-refractivity contribution in [2.24, 2.45) is 0 Å². The number of imide groups is 8. The maximum atomic E-state index is 11.3. The van der Waals surface area contributed by atoms with Crippen molar-refractivity contribution in [2.45, 2.75) is 103 Å². The second-order valence-electron chi connectivity index (χ2n) is 31.1. The maximum absolute atomic E-state index is 11.3. The molecule has 8 heterocycles. The Morgan fingerprint density at radius 2 is 0.235 bits per heavy atom. The molecule has 8 fully saturated rings. The summed E-state index contributed by atoms with van der Waals surface area (Å²) >= 11 is 0. The Balaban J connectivity index is -0.000000715. The SMILES string of the molecule is CN(C)C(ON1C(=O)CCC1=O)=[N+](C)C.CN(C)C(ON1C(=O)CCC1=O)=[N+](C)C.CN(C)C(ON1C(=O)CCC1=O)=[N+](C)C.CN(C)C(ON1C(=O)CCC1=O)=[N+](C)C.CN(C)C(ON1C(=O)CCC1=O)=[N+](C)C.CN(C)C(ON1C(=O)CCC1=O)=[N+](C)C.CN(C)C(ON1C(=O)CCC1=O)=[N+](C)C.CN(C)C(ON1C(=O)CCC1=O)=[N+](C)C.[O-]B([O-])F.[O-]B([O-])F.[O-]B([O-])F.[O-]B([O-])F. The first-order valence-electron chi connectivity index (χ1n) is 40.2. The third kappa shape index (κ3) is 49.8. The summed E-state index contributed by atoms with van der Waals surface area (Å²) in [6.07, 6.45) is 3.67. The Labute approximate surface area is 787 Å². The van der Waals surface area contributed by atoms with Gasteiger partial charge in [-0.1, -0.05) is 40.5 Å². The van der Waals surface area contributed by atoms with Gasteiger partial charge in [0.25, 0.3) is 94.5 Å². The Morgan fingerprint density at radius 1 is 0.184 bits per heavy atom. The lowest BCUT2D eigenvalue weighted by atomic mass is 10.3. The number of amidine groups is 8. The Kier molecular flexibility index (Phi) is 60.8. The highest BCUT2D eigenvalue weighted by molar-refractivity contribution is 6.28. The third-order valence-electron chi connectivity index (χ3n) is 15.6. The molecule has 0 radical (unpaired) electrons. The molecule has 136 heavy (non-hydrogen) atoms. The summed E-state index contributed by atoms with van der Waals surface area (Å²) in [5.74, 6) is -4.65. The fraction of sp³-hybridized carbons (Fsp3) is 0.667. The molecule has 56 nitrogen and oxygen atoms in total. The van der Waals surface area contributed by atoms with Crippen LogP contribution in [0.2, 0.25) is 0 Å². The molecule has 0 aliphatic carbocycles. The van der Waals surface area contributed by atoms with Gasteiger partial charge in [0.1, 0.15) is 29.6 Å². The van der Waals surface area contributed by atoms with Gasteiger partial charge < -0.3 is 57.5 Å². The fourth-order valence-corrected chi connectivity index (χ4v) is 10.4. The zero-order valence-corrected chi connectivity index (χ0v) is 82.9. The lowest BCUT2D eigenvalue weighted by Gasteiger charge is -2.16. The summed E-state index contributed by atoms with van der Waals surface area (Å²) in [4.78, 5) is 236. The first-order chi connectivity index (χ1) is 62.4. The van der Waals surface area contributed by atoms with Crippen molar-refractivity contribution in [1.29, 1.82) is 0 Å². The van der Waals surface area contributed by atoms with Crippen molar-refractivity contribution in [3.05, 3.63) is 0 Å². The molecule has 8 saturated heterocycles. The highest BCUT2D eigenvalue weighted by Gasteiger charge is 2.42. The van der Waals surface area contributed by atoms with E-state index >= 15 is 0 Å². The summed E-state index contributed by atoms with van der Waals surface area (Å²) in [6.45, 7) is 0. The van der Waals surface area contributed by atoms with E-state index in [4.69, 9.17) is 78.9 Å². The molecule has 8 aliphatic rings. The van der Waals surface area contributed by atoms with Crippen LogP contribution in [0.4, 0.5) is 17.3 Å². The van der Waals surface area contributed by atoms with E-state index in [0.29, 0.717) is 48.2 Å². The molecule has 0 N–H and O–H groups in total. The van der Waals surface area contributed by atoms with Gasteiger partial charge in [0, 0.05) is 103 Å². The predicted molar refractivity (Wildman–Crippen MR) is 451 cm³/mol. The molecule has 8 rings (SSSR count). The van der Waals surface area contributed by atoms with E-state index in [1.807, 2.05) is 0 Å². The number of carbonyl (C=O) groups excluding carboxylic acids is 16. The number of hydrogen-bond donors (Lipinski definition) is 0. The Morgan fingerprint density at radius 3 is 0.272 bits per heavy atom. The quantitative estimate of drug-likeness (QED) is 0.0544. The van der Waals surface area contributed by atoms with Gasteiger partial charge in [0.2, 0.25) is 0 Å². The smallest absolute Gasteiger partial charge is 0.470 e. The minimum atomic E-state index is -3.17. The summed E-state index contributed by atoms with van der Waals surface area (Å²) in [5.41, 5.74) is 0. The van der Waals surface area contributed by atoms with Gasteiger partial charge in [-0.2, -0.15) is 0 Å². The molecule has 8 aliphatic heterocycles. The van der Waals surface area contributed by atoms with E-state index in [1.54, 1.807) is 301 Å². The molecule has 0 unspecified atom stereocenters. The van der Waals surface area contributed by atoms with Crippen LogP contribution in [0.25, 0.3) is 0 Å². The normalized spacial score (nSPS) is 14.6. The van der Waals surface area contributed by atoms with E-state index in [9.17, 15) is 94.0 Å². The van der Waals surface area contributed by atoms with Crippen molar-refractivity contribution in [3.8, 4) is 0 Å². The summed E-state index contributed by atoms with van der Waals surface area (Å²) in [7, 11) is 44.2. The lowest BCUT2D eigenvalue weighted by molar-refractivity contribution is -0.484. The molecule has 0 atom stereocenters. The lowest BCUT2D eigenvalue weighted by Crippen LogP contribution is -2.41. The van der Waals surface area contributed by atoms with Crippen molar-refractivity contribution < 1.29 is 209 Å². The van der Waals surface area contributed by atoms with Crippen molar-refractivity contribution in [2.75, 3.05) is 226 Å². The molecule has 768 valence electrons. The number of hydrogen-bond acceptors (Lipinski definition) is 32. The van der Waals surface area contributed by atoms with Crippen LogP contribution in [0.15, 0.2) is 0 Å². The Bertz CT molecular complexity index is 3440. The zero-order valence-electron chi connectivity index (χ0n) is 82.9. The number of hydroxylamine groups is 16. The highest BCUT2D eigenvalue weighted by Crippen LogP contribution is 2.20. The van der Waals surface area contributed by atoms with Crippen LogP contribution in [0.3, 0.4) is 0 Å². The fourth-order valence-electron chi connectivity index (χ4n) is 10.4. The van der Waals surface area contributed by atoms with Crippen LogP contribution in [0.1, 0.15) is 103 Å². The standard InChI is InChI=1S/8C9H16N3O3.4BFO2/c8*1-10(2)9(11(3)4)15-12-7(13)5-6-8(12)14;4*2-1(3)4/h8*5-6H2,1-4H3;;;;/q8*+1;4*-2. The first-order valence-corrected chi connectivity index (χ1v) is 40.2. The molecule has 0 saturated carbocycles. The van der Waals surface area contributed by atoms with E-state index < -0.39 is 29.6 Å². The number of nitrogens with zero attached hydrogens (tertiary/aromatic N) is 24. The number of rotatable bonds is 8. The zero-order chi connectivity index (χ0) is 107. The number of halogens is 4. The van der Waals surface area contributed by atoms with E-state index in [1.165, 1.54) is 0 Å². The van der Waals surface area contributed by atoms with Crippen molar-refractivity contribution in [1.82, 2.24) is 79.7 Å². The van der Waals surface area contributed by atoms with Gasteiger partial charge in [-0.15, -0.1) is 0 Å². The van der Waals surface area contributed by atoms with E-state index in [-0.39, 0.29) is 197 Å². The van der Waals surface area contributed by atoms with Crippen LogP contribution >= 0.6 is 0 Å². The molecule has 0 bridgehead atoms. The average Bonchev–Trinajstić information content (AvgIpc) is 1.78. The topological polar surface area (TPSA) is 607 Å². The van der Waals surface area contributed by atoms with Gasteiger partial charge in [-0.25, -0.2) is 75.8 Å². The molecule has 16 amide bonds. The molecule has 0 aromatic carbocycles. The Hall–Kier alpha value is -13.1. The molecular weight excluding hydrogens is 1830 g/mol. The van der Waals surface area contributed by atoms with Gasteiger partial charge in [-0.05, 0) is 0 Å². The van der Waals surface area contributed by atoms with E-state index in [2.05, 4.69) is 0 Å². The van der Waals surface area contributed by atoms with Crippen molar-refractivity contribution in [3.63, 3.8) is 0 Å². The average molecular weight is 1960 g/mol. The largest absolute Gasteiger partial charge is 0.867 e. The summed E-state index contributed by atoms with van der Waals surface area (Å²) in [5, 5.41) is 73.1. The first kappa shape index (κ1) is 129. The van der Waals surface area contributed by atoms with Gasteiger partial charge in [-0.3, -0.25) is 115 Å². The van der Waals surface area contributed by atoms with Crippen LogP contribution in [-0.2, 0) is 115 Å². The number of carbonyl (C=O) groups is 16. The third-order valence-corrected chi connectivity index (χ3v) is 15.6. The number of amides is 16. The predicted octanol–water partition coefficient (Wildman–Crippen LogP) is -15.3. The van der Waals surface area contributed by atoms with Gasteiger partial charge in [0.15, 0.2) is 0 Å². The van der Waals surface area contributed by atoms with Crippen LogP contribution in [0, 0.1) is 0 Å². The van der Waals surface area contributed by atoms with E-state index in [0.717, 1.165) is 40.5 Å². The monoisotopic (exact) mass is 1960 g/mol. The molecule has 0 aromatic heterocycles. The minimum absolute atomic E-state index is 0.229. The second kappa shape index (κ2) is 64.0. The van der Waals surface area contributed by atoms with Crippen LogP contribution < -0.4 is 40.2 Å². The summed E-state index contributed by atoms with van der Waals surface area (Å²) in [6, 6.07) is 3.55. The molecule has 0 aromatic rings. The van der Waals surface area contributed by atoms with Crippen LogP contribution in [-0.4, -0.2) is 514 Å².